The second-order valence-corrected chi connectivity index (χ2v) is 8.73. The van der Waals surface area contributed by atoms with Gasteiger partial charge in [-0.15, -0.1) is 0 Å². The summed E-state index contributed by atoms with van der Waals surface area (Å²) in [7, 11) is 0. The number of primary amides is 1. The molecular formula is C26H36N4O4. The van der Waals surface area contributed by atoms with Gasteiger partial charge in [-0.1, -0.05) is 50.1 Å². The summed E-state index contributed by atoms with van der Waals surface area (Å²) in [6, 6.07) is 9.90. The molecule has 0 heterocycles. The van der Waals surface area contributed by atoms with E-state index >= 15 is 0 Å². The molecule has 0 saturated heterocycles. The molecule has 184 valence electrons. The number of carbonyl (C=O) groups is 3. The molecule has 0 aliphatic heterocycles. The Bertz CT molecular complexity index is 971. The average Bonchev–Trinajstić information content (AvgIpc) is 2.78. The number of phenolic OH excluding ortho intramolecular Hbond substituents is 1. The smallest absolute Gasteiger partial charge is 0.243 e. The second-order valence-electron chi connectivity index (χ2n) is 8.73. The number of aryl methyl sites for hydroxylation is 2. The van der Waals surface area contributed by atoms with Crippen molar-refractivity contribution in [3.05, 3.63) is 64.7 Å². The van der Waals surface area contributed by atoms with Crippen molar-refractivity contribution in [2.45, 2.75) is 71.0 Å². The second kappa shape index (κ2) is 12.7. The van der Waals surface area contributed by atoms with E-state index in [-0.39, 0.29) is 18.6 Å². The van der Waals surface area contributed by atoms with Crippen LogP contribution < -0.4 is 22.1 Å². The van der Waals surface area contributed by atoms with E-state index < -0.39 is 35.8 Å². The summed E-state index contributed by atoms with van der Waals surface area (Å²) in [4.78, 5) is 37.9. The zero-order chi connectivity index (χ0) is 25.3. The quantitative estimate of drug-likeness (QED) is 0.322. The lowest BCUT2D eigenvalue weighted by Gasteiger charge is -2.24. The van der Waals surface area contributed by atoms with Crippen LogP contribution in [0.2, 0.25) is 0 Å². The third kappa shape index (κ3) is 7.88. The van der Waals surface area contributed by atoms with Crippen LogP contribution in [0.4, 0.5) is 0 Å². The molecule has 0 radical (unpaired) electrons. The Labute approximate surface area is 201 Å². The number of hydrogen-bond donors (Lipinski definition) is 5. The molecule has 34 heavy (non-hydrogen) atoms. The highest BCUT2D eigenvalue weighted by atomic mass is 16.3. The van der Waals surface area contributed by atoms with Crippen molar-refractivity contribution in [3.8, 4) is 5.75 Å². The summed E-state index contributed by atoms with van der Waals surface area (Å²) in [5.74, 6) is -1.41. The zero-order valence-corrected chi connectivity index (χ0v) is 20.1. The van der Waals surface area contributed by atoms with Crippen molar-refractivity contribution in [1.29, 1.82) is 0 Å². The average molecular weight is 469 g/mol. The standard InChI is InChI=1S/C26H36N4O4/c1-4-5-11-22(26(34)30-23(24(28)32)14-18-9-7-6-8-10-18)29-25(33)21(27)15-20-16(2)12-19(31)13-17(20)3/h6-10,12-13,21-23,31H,4-5,11,14-15,27H2,1-3H3,(H2,28,32)(H,29,33)(H,30,34)/t21-,22+,23-/m0/s1. The Kier molecular flexibility index (Phi) is 10.1. The molecule has 2 rings (SSSR count). The molecule has 8 nitrogen and oxygen atoms in total. The number of nitrogens with two attached hydrogens (primary N) is 2. The normalized spacial score (nSPS) is 13.5. The molecule has 0 saturated carbocycles. The molecule has 0 aliphatic carbocycles. The van der Waals surface area contributed by atoms with E-state index in [9.17, 15) is 19.5 Å². The summed E-state index contributed by atoms with van der Waals surface area (Å²) in [6.45, 7) is 5.68. The number of carbonyl (C=O) groups excluding carboxylic acids is 3. The Morgan fingerprint density at radius 3 is 2.09 bits per heavy atom. The third-order valence-corrected chi connectivity index (χ3v) is 5.86. The van der Waals surface area contributed by atoms with Gasteiger partial charge in [-0.2, -0.15) is 0 Å². The SMILES string of the molecule is CCCC[C@@H](NC(=O)[C@@H](N)Cc1c(C)cc(O)cc1C)C(=O)N[C@@H](Cc1ccccc1)C(N)=O. The minimum atomic E-state index is -0.896. The molecule has 7 N–H and O–H groups in total. The van der Waals surface area contributed by atoms with Crippen LogP contribution in [-0.4, -0.2) is 41.0 Å². The first kappa shape index (κ1) is 26.9. The predicted molar refractivity (Wildman–Crippen MR) is 132 cm³/mol. The Morgan fingerprint density at radius 2 is 1.53 bits per heavy atom. The maximum Gasteiger partial charge on any atom is 0.243 e. The van der Waals surface area contributed by atoms with Gasteiger partial charge in [0.15, 0.2) is 0 Å². The van der Waals surface area contributed by atoms with Crippen LogP contribution >= 0.6 is 0 Å². The lowest BCUT2D eigenvalue weighted by atomic mass is 9.95. The van der Waals surface area contributed by atoms with Crippen LogP contribution in [0.1, 0.15) is 48.4 Å². The maximum absolute atomic E-state index is 13.0. The Morgan fingerprint density at radius 1 is 0.941 bits per heavy atom. The van der Waals surface area contributed by atoms with Gasteiger partial charge in [0.25, 0.3) is 0 Å². The molecular weight excluding hydrogens is 432 g/mol. The highest BCUT2D eigenvalue weighted by Crippen LogP contribution is 2.22. The molecule has 8 heteroatoms. The van der Waals surface area contributed by atoms with Crippen LogP contribution in [0.15, 0.2) is 42.5 Å². The first-order valence-corrected chi connectivity index (χ1v) is 11.6. The number of unbranched alkanes of at least 4 members (excludes halogenated alkanes) is 1. The molecule has 2 aromatic carbocycles. The van der Waals surface area contributed by atoms with Crippen LogP contribution in [0, 0.1) is 13.8 Å². The fourth-order valence-corrected chi connectivity index (χ4v) is 3.91. The number of nitrogens with one attached hydrogen (secondary N) is 2. The topological polar surface area (TPSA) is 148 Å². The minimum Gasteiger partial charge on any atom is -0.508 e. The first-order valence-electron chi connectivity index (χ1n) is 11.6. The van der Waals surface area contributed by atoms with E-state index in [4.69, 9.17) is 11.5 Å². The fraction of sp³-hybridized carbons (Fsp3) is 0.423. The lowest BCUT2D eigenvalue weighted by Crippen LogP contribution is -2.56. The largest absolute Gasteiger partial charge is 0.508 e. The van der Waals surface area contributed by atoms with Gasteiger partial charge < -0.3 is 27.2 Å². The van der Waals surface area contributed by atoms with Crippen molar-refractivity contribution < 1.29 is 19.5 Å². The van der Waals surface area contributed by atoms with Gasteiger partial charge >= 0.3 is 0 Å². The first-order chi connectivity index (χ1) is 16.1. The summed E-state index contributed by atoms with van der Waals surface area (Å²) in [6.07, 6.45) is 2.48. The zero-order valence-electron chi connectivity index (χ0n) is 20.1. The Hall–Kier alpha value is -3.39. The van der Waals surface area contributed by atoms with Gasteiger partial charge in [-0.05, 0) is 61.1 Å². The molecule has 3 atom stereocenters. The molecule has 0 unspecified atom stereocenters. The van der Waals surface area contributed by atoms with E-state index in [1.807, 2.05) is 51.1 Å². The number of aromatic hydroxyl groups is 1. The van der Waals surface area contributed by atoms with E-state index in [1.165, 1.54) is 0 Å². The predicted octanol–water partition coefficient (Wildman–Crippen LogP) is 1.77. The molecule has 0 fully saturated rings. The molecule has 0 spiro atoms. The minimum absolute atomic E-state index is 0.160. The summed E-state index contributed by atoms with van der Waals surface area (Å²) < 4.78 is 0. The van der Waals surface area contributed by atoms with Crippen molar-refractivity contribution in [2.75, 3.05) is 0 Å². The number of rotatable bonds is 12. The van der Waals surface area contributed by atoms with E-state index in [0.717, 1.165) is 28.7 Å². The summed E-state index contributed by atoms with van der Waals surface area (Å²) >= 11 is 0. The maximum atomic E-state index is 13.0. The van der Waals surface area contributed by atoms with E-state index in [1.54, 1.807) is 12.1 Å². The monoisotopic (exact) mass is 468 g/mol. The van der Waals surface area contributed by atoms with Crippen molar-refractivity contribution in [3.63, 3.8) is 0 Å². The van der Waals surface area contributed by atoms with Gasteiger partial charge in [0, 0.05) is 6.42 Å². The van der Waals surface area contributed by atoms with Gasteiger partial charge in [-0.3, -0.25) is 14.4 Å². The lowest BCUT2D eigenvalue weighted by molar-refractivity contribution is -0.131. The number of amides is 3. The number of phenols is 1. The highest BCUT2D eigenvalue weighted by molar-refractivity contribution is 5.92. The van der Waals surface area contributed by atoms with E-state index in [0.29, 0.717) is 12.8 Å². The van der Waals surface area contributed by atoms with Crippen molar-refractivity contribution >= 4 is 17.7 Å². The number of hydrogen-bond acceptors (Lipinski definition) is 5. The number of benzene rings is 2. The Balaban J connectivity index is 2.09. The van der Waals surface area contributed by atoms with Crippen LogP contribution in [-0.2, 0) is 27.2 Å². The fourth-order valence-electron chi connectivity index (χ4n) is 3.91. The molecule has 3 amide bonds. The third-order valence-electron chi connectivity index (χ3n) is 5.86. The van der Waals surface area contributed by atoms with Crippen LogP contribution in [0.3, 0.4) is 0 Å². The molecule has 0 aliphatic rings. The molecule has 0 bridgehead atoms. The van der Waals surface area contributed by atoms with Gasteiger partial charge in [0.2, 0.25) is 17.7 Å². The molecule has 2 aromatic rings. The highest BCUT2D eigenvalue weighted by Gasteiger charge is 2.27. The van der Waals surface area contributed by atoms with Crippen LogP contribution in [0.5, 0.6) is 5.75 Å². The van der Waals surface area contributed by atoms with Gasteiger partial charge in [0.1, 0.15) is 17.8 Å². The van der Waals surface area contributed by atoms with Crippen LogP contribution in [0.25, 0.3) is 0 Å². The van der Waals surface area contributed by atoms with Crippen molar-refractivity contribution in [2.24, 2.45) is 11.5 Å². The summed E-state index contributed by atoms with van der Waals surface area (Å²) in [5.41, 5.74) is 15.1. The van der Waals surface area contributed by atoms with E-state index in [2.05, 4.69) is 10.6 Å². The molecule has 0 aromatic heterocycles. The summed E-state index contributed by atoms with van der Waals surface area (Å²) in [5, 5.41) is 15.2. The van der Waals surface area contributed by atoms with Gasteiger partial charge in [-0.25, -0.2) is 0 Å². The van der Waals surface area contributed by atoms with Gasteiger partial charge in [0.05, 0.1) is 6.04 Å². The van der Waals surface area contributed by atoms with Crippen molar-refractivity contribution in [1.82, 2.24) is 10.6 Å².